The molecule has 2 aliphatic rings. The number of imidazole rings is 1. The zero-order valence-corrected chi connectivity index (χ0v) is 26.1. The Bertz CT molecular complexity index is 1910. The Morgan fingerprint density at radius 2 is 1.64 bits per heavy atom. The molecule has 3 heterocycles. The van der Waals surface area contributed by atoms with Crippen molar-refractivity contribution in [2.75, 3.05) is 40.3 Å². The van der Waals surface area contributed by atoms with Crippen molar-refractivity contribution in [2.45, 2.75) is 42.3 Å². The maximum atomic E-state index is 14.5. The number of carbonyl (C=O) groups excluding carboxylic acids is 1. The second kappa shape index (κ2) is 12.5. The first-order valence-electron chi connectivity index (χ1n) is 15.1. The number of ether oxygens (including phenoxy) is 1. The van der Waals surface area contributed by atoms with Crippen molar-refractivity contribution in [1.82, 2.24) is 23.7 Å². The van der Waals surface area contributed by atoms with Crippen LogP contribution in [0.5, 0.6) is 5.75 Å². The maximum absolute atomic E-state index is 14.5. The number of hydrogen-bond donors (Lipinski definition) is 1. The molecule has 11 nitrogen and oxygen atoms in total. The molecule has 2 aliphatic heterocycles. The number of piperidine rings is 1. The average Bonchev–Trinajstić information content (AvgIpc) is 3.64. The molecule has 234 valence electrons. The number of likely N-dealkylation sites (tertiary alicyclic amines) is 2. The summed E-state index contributed by atoms with van der Waals surface area (Å²) in [6.45, 7) is 3.04. The summed E-state index contributed by atoms with van der Waals surface area (Å²) in [7, 11) is -0.807. The number of rotatable bonds is 8. The fraction of sp³-hybridized carbons (Fsp3) is 0.364. The molecule has 6 rings (SSSR count). The molecule has 2 fully saturated rings. The van der Waals surface area contributed by atoms with Crippen molar-refractivity contribution < 1.29 is 17.9 Å². The van der Waals surface area contributed by atoms with Crippen LogP contribution in [0.4, 0.5) is 0 Å². The minimum absolute atomic E-state index is 0.0757. The molecule has 0 radical (unpaired) electrons. The van der Waals surface area contributed by atoms with Gasteiger partial charge in [0, 0.05) is 25.2 Å². The van der Waals surface area contributed by atoms with Crippen LogP contribution in [0, 0.1) is 11.3 Å². The van der Waals surface area contributed by atoms with E-state index in [0.29, 0.717) is 30.4 Å². The second-order valence-electron chi connectivity index (χ2n) is 11.7. The van der Waals surface area contributed by atoms with Gasteiger partial charge in [0.2, 0.25) is 0 Å². The minimum atomic E-state index is -4.40. The van der Waals surface area contributed by atoms with E-state index in [1.165, 1.54) is 54.1 Å². The molecule has 2 unspecified atom stereocenters. The molecule has 45 heavy (non-hydrogen) atoms. The summed E-state index contributed by atoms with van der Waals surface area (Å²) in [4.78, 5) is 32.8. The molecule has 0 bridgehead atoms. The quantitative estimate of drug-likeness (QED) is 0.316. The zero-order valence-electron chi connectivity index (χ0n) is 25.3. The lowest BCUT2D eigenvalue weighted by atomic mass is 10.0. The highest BCUT2D eigenvalue weighted by atomic mass is 32.2. The highest BCUT2D eigenvalue weighted by Gasteiger charge is 2.37. The molecular formula is C33H36N6O5S. The van der Waals surface area contributed by atoms with Crippen LogP contribution in [0.1, 0.15) is 36.4 Å². The third kappa shape index (κ3) is 5.86. The van der Waals surface area contributed by atoms with Gasteiger partial charge in [-0.15, -0.1) is 0 Å². The van der Waals surface area contributed by atoms with Gasteiger partial charge in [-0.3, -0.25) is 9.36 Å². The van der Waals surface area contributed by atoms with Crippen LogP contribution in [0.15, 0.2) is 82.5 Å². The van der Waals surface area contributed by atoms with E-state index in [1.54, 1.807) is 29.2 Å². The zero-order chi connectivity index (χ0) is 31.7. The summed E-state index contributed by atoms with van der Waals surface area (Å²) in [5.74, 6) is 0.158. The van der Waals surface area contributed by atoms with Crippen LogP contribution in [-0.4, -0.2) is 85.1 Å². The second-order valence-corrected chi connectivity index (χ2v) is 13.5. The van der Waals surface area contributed by atoms with E-state index < -0.39 is 21.8 Å². The standard InChI is InChI=1S/C33H36N6O5S/c1-36-17-14-25(15-18-36)35-26-16-19-37(22-26)32(40)31(24-6-4-3-5-7-24)38-30-20-23(21-34)8-13-29(30)39(33(38)41)45(42,43)28-11-9-27(44-2)10-12-28/h3-13,20,25-26,31,35H,14-19,22H2,1-2H3. The first kappa shape index (κ1) is 30.6. The number of fused-ring (bicyclic) bond motifs is 1. The summed E-state index contributed by atoms with van der Waals surface area (Å²) < 4.78 is 35.2. The van der Waals surface area contributed by atoms with Crippen LogP contribution in [0.3, 0.4) is 0 Å². The fourth-order valence-corrected chi connectivity index (χ4v) is 7.81. The average molecular weight is 629 g/mol. The summed E-state index contributed by atoms with van der Waals surface area (Å²) in [6.07, 6.45) is 2.87. The van der Waals surface area contributed by atoms with Crippen LogP contribution in [0.25, 0.3) is 11.0 Å². The lowest BCUT2D eigenvalue weighted by molar-refractivity contribution is -0.132. The lowest BCUT2D eigenvalue weighted by Crippen LogP contribution is -2.47. The number of nitriles is 1. The molecular weight excluding hydrogens is 592 g/mol. The molecule has 1 N–H and O–H groups in total. The molecule has 2 saturated heterocycles. The van der Waals surface area contributed by atoms with Crippen LogP contribution < -0.4 is 15.7 Å². The van der Waals surface area contributed by atoms with Crippen LogP contribution >= 0.6 is 0 Å². The predicted octanol–water partition coefficient (Wildman–Crippen LogP) is 2.79. The number of methoxy groups -OCH3 is 1. The van der Waals surface area contributed by atoms with Gasteiger partial charge in [0.25, 0.3) is 15.9 Å². The summed E-state index contributed by atoms with van der Waals surface area (Å²) in [6, 6.07) is 20.5. The largest absolute Gasteiger partial charge is 0.497 e. The van der Waals surface area contributed by atoms with Gasteiger partial charge in [0.05, 0.1) is 34.7 Å². The number of benzene rings is 3. The SMILES string of the molecule is COc1ccc(S(=O)(=O)n2c(=O)n(C(C(=O)N3CCC(NC4CCN(C)CC4)C3)c3ccccc3)c3cc(C#N)ccc32)cc1. The number of nitrogens with zero attached hydrogens (tertiary/aromatic N) is 5. The number of amides is 1. The highest BCUT2D eigenvalue weighted by molar-refractivity contribution is 7.90. The van der Waals surface area contributed by atoms with E-state index in [2.05, 4.69) is 23.3 Å². The fourth-order valence-electron chi connectivity index (χ4n) is 6.41. The summed E-state index contributed by atoms with van der Waals surface area (Å²) in [5, 5.41) is 13.4. The summed E-state index contributed by atoms with van der Waals surface area (Å²) in [5.41, 5.74) is 0.140. The Morgan fingerprint density at radius 3 is 2.31 bits per heavy atom. The molecule has 12 heteroatoms. The molecule has 0 spiro atoms. The molecule has 2 atom stereocenters. The lowest BCUT2D eigenvalue weighted by Gasteiger charge is -2.31. The Kier molecular flexibility index (Phi) is 8.50. The molecule has 0 aliphatic carbocycles. The van der Waals surface area contributed by atoms with Crippen molar-refractivity contribution >= 4 is 27.0 Å². The van der Waals surface area contributed by atoms with E-state index >= 15 is 0 Å². The first-order valence-corrected chi connectivity index (χ1v) is 16.5. The van der Waals surface area contributed by atoms with Gasteiger partial charge in [0.1, 0.15) is 11.8 Å². The number of aromatic nitrogens is 2. The van der Waals surface area contributed by atoms with Gasteiger partial charge >= 0.3 is 5.69 Å². The van der Waals surface area contributed by atoms with E-state index in [-0.39, 0.29) is 33.4 Å². The van der Waals surface area contributed by atoms with Crippen molar-refractivity contribution in [1.29, 1.82) is 5.26 Å². The van der Waals surface area contributed by atoms with Crippen molar-refractivity contribution in [3.8, 4) is 11.8 Å². The molecule has 3 aromatic carbocycles. The highest BCUT2D eigenvalue weighted by Crippen LogP contribution is 2.29. The molecule has 4 aromatic rings. The van der Waals surface area contributed by atoms with Crippen molar-refractivity contribution in [3.05, 3.63) is 94.4 Å². The van der Waals surface area contributed by atoms with Gasteiger partial charge in [-0.05, 0) is 87.4 Å². The maximum Gasteiger partial charge on any atom is 0.344 e. The van der Waals surface area contributed by atoms with E-state index in [9.17, 15) is 23.3 Å². The van der Waals surface area contributed by atoms with E-state index in [1.807, 2.05) is 6.07 Å². The third-order valence-corrected chi connectivity index (χ3v) is 10.6. The van der Waals surface area contributed by atoms with Gasteiger partial charge in [0.15, 0.2) is 0 Å². The topological polar surface area (TPSA) is 130 Å². The van der Waals surface area contributed by atoms with Crippen LogP contribution in [-0.2, 0) is 14.8 Å². The number of carbonyl (C=O) groups is 1. The Balaban J connectivity index is 1.44. The minimum Gasteiger partial charge on any atom is -0.497 e. The van der Waals surface area contributed by atoms with Gasteiger partial charge in [-0.25, -0.2) is 13.2 Å². The normalized spacial score (nSPS) is 18.6. The van der Waals surface area contributed by atoms with Gasteiger partial charge in [-0.2, -0.15) is 9.23 Å². The first-order chi connectivity index (χ1) is 21.7. The molecule has 1 amide bonds. The molecule has 0 saturated carbocycles. The van der Waals surface area contributed by atoms with Crippen LogP contribution in [0.2, 0.25) is 0 Å². The Morgan fingerprint density at radius 1 is 0.956 bits per heavy atom. The Labute approximate surface area is 262 Å². The Hall–Kier alpha value is -4.44. The monoisotopic (exact) mass is 628 g/mol. The van der Waals surface area contributed by atoms with Gasteiger partial charge in [-0.1, -0.05) is 30.3 Å². The van der Waals surface area contributed by atoms with Crippen molar-refractivity contribution in [3.63, 3.8) is 0 Å². The third-order valence-electron chi connectivity index (χ3n) is 8.86. The smallest absolute Gasteiger partial charge is 0.344 e. The number of hydrogen-bond acceptors (Lipinski definition) is 8. The predicted molar refractivity (Wildman–Crippen MR) is 170 cm³/mol. The summed E-state index contributed by atoms with van der Waals surface area (Å²) >= 11 is 0. The van der Waals surface area contributed by atoms with E-state index in [0.717, 1.165) is 36.3 Å². The number of nitrogens with one attached hydrogen (secondary N) is 1. The van der Waals surface area contributed by atoms with Gasteiger partial charge < -0.3 is 19.9 Å². The van der Waals surface area contributed by atoms with E-state index in [4.69, 9.17) is 4.74 Å². The van der Waals surface area contributed by atoms with Crippen molar-refractivity contribution in [2.24, 2.45) is 0 Å². The molecule has 1 aromatic heterocycles.